The van der Waals surface area contributed by atoms with E-state index in [0.29, 0.717) is 19.0 Å². The molecule has 0 spiro atoms. The van der Waals surface area contributed by atoms with E-state index in [9.17, 15) is 9.59 Å². The van der Waals surface area contributed by atoms with Crippen molar-refractivity contribution < 1.29 is 9.59 Å². The van der Waals surface area contributed by atoms with Gasteiger partial charge < -0.3 is 9.80 Å². The first kappa shape index (κ1) is 22.4. The van der Waals surface area contributed by atoms with Crippen LogP contribution in [0.5, 0.6) is 0 Å². The topological polar surface area (TPSA) is 40.6 Å². The summed E-state index contributed by atoms with van der Waals surface area (Å²) in [5, 5.41) is 0. The van der Waals surface area contributed by atoms with Gasteiger partial charge >= 0.3 is 0 Å². The van der Waals surface area contributed by atoms with Crippen molar-refractivity contribution in [1.29, 1.82) is 0 Å². The third kappa shape index (κ3) is 4.02. The molecule has 2 aliphatic rings. The lowest BCUT2D eigenvalue weighted by atomic mass is 9.84. The first-order valence-electron chi connectivity index (χ1n) is 12.4. The van der Waals surface area contributed by atoms with Gasteiger partial charge in [-0.2, -0.15) is 0 Å². The molecule has 1 fully saturated rings. The van der Waals surface area contributed by atoms with Gasteiger partial charge in [0.05, 0.1) is 5.92 Å². The van der Waals surface area contributed by atoms with Gasteiger partial charge in [-0.15, -0.1) is 0 Å². The first-order chi connectivity index (χ1) is 16.6. The Morgan fingerprint density at radius 2 is 1.62 bits per heavy atom. The zero-order valence-electron chi connectivity index (χ0n) is 20.0. The van der Waals surface area contributed by atoms with Crippen LogP contribution in [0.2, 0.25) is 0 Å². The predicted octanol–water partition coefficient (Wildman–Crippen LogP) is 6.12. The van der Waals surface area contributed by atoms with Crippen LogP contribution in [0.25, 0.3) is 0 Å². The highest BCUT2D eigenvalue weighted by Crippen LogP contribution is 2.41. The molecule has 174 valence electrons. The summed E-state index contributed by atoms with van der Waals surface area (Å²) >= 11 is 0. The number of anilines is 2. The summed E-state index contributed by atoms with van der Waals surface area (Å²) in [4.78, 5) is 30.6. The Labute approximate surface area is 202 Å². The predicted molar refractivity (Wildman–Crippen MR) is 137 cm³/mol. The van der Waals surface area contributed by atoms with Gasteiger partial charge in [-0.3, -0.25) is 9.59 Å². The van der Waals surface area contributed by atoms with Gasteiger partial charge in [-0.05, 0) is 47.6 Å². The van der Waals surface area contributed by atoms with Crippen LogP contribution in [-0.4, -0.2) is 24.9 Å². The van der Waals surface area contributed by atoms with Crippen molar-refractivity contribution in [3.63, 3.8) is 0 Å². The van der Waals surface area contributed by atoms with E-state index >= 15 is 0 Å². The molecule has 0 aromatic heterocycles. The fourth-order valence-corrected chi connectivity index (χ4v) is 5.52. The number of carbonyl (C=O) groups is 2. The molecule has 0 bridgehead atoms. The Balaban J connectivity index is 1.40. The van der Waals surface area contributed by atoms with E-state index < -0.39 is 0 Å². The Kier molecular flexibility index (Phi) is 6.23. The maximum Gasteiger partial charge on any atom is 0.232 e. The molecule has 2 amide bonds. The maximum atomic E-state index is 13.8. The molecule has 2 heterocycles. The van der Waals surface area contributed by atoms with E-state index in [0.717, 1.165) is 24.2 Å². The molecule has 3 unspecified atom stereocenters. The lowest BCUT2D eigenvalue weighted by Gasteiger charge is -2.36. The standard InChI is InChI=1S/C30H32N2O2/c1-3-21(2)24-13-7-9-15-27(24)32-20-23(19-29(32)33)30(34)31-18-17-25(22-11-5-4-6-12-22)26-14-8-10-16-28(26)31/h4-16,21,23,25H,3,17-20H2,1-2H3. The summed E-state index contributed by atoms with van der Waals surface area (Å²) in [6, 6.07) is 26.9. The summed E-state index contributed by atoms with van der Waals surface area (Å²) in [5.74, 6) is 0.435. The molecule has 0 N–H and O–H groups in total. The monoisotopic (exact) mass is 452 g/mol. The molecule has 3 aromatic carbocycles. The fourth-order valence-electron chi connectivity index (χ4n) is 5.52. The lowest BCUT2D eigenvalue weighted by molar-refractivity contribution is -0.124. The second kappa shape index (κ2) is 9.46. The number of nitrogens with zero attached hydrogens (tertiary/aromatic N) is 2. The molecule has 5 rings (SSSR count). The first-order valence-corrected chi connectivity index (χ1v) is 12.4. The summed E-state index contributed by atoms with van der Waals surface area (Å²) < 4.78 is 0. The van der Waals surface area contributed by atoms with Gasteiger partial charge in [0, 0.05) is 36.8 Å². The molecule has 4 nitrogen and oxygen atoms in total. The minimum Gasteiger partial charge on any atom is -0.312 e. The minimum absolute atomic E-state index is 0.0431. The average molecular weight is 453 g/mol. The van der Waals surface area contributed by atoms with E-state index in [-0.39, 0.29) is 30.1 Å². The SMILES string of the molecule is CCC(C)c1ccccc1N1CC(C(=O)N2CCC(c3ccccc3)c3ccccc32)CC1=O. The van der Waals surface area contributed by atoms with Crippen LogP contribution in [0.4, 0.5) is 11.4 Å². The highest BCUT2D eigenvalue weighted by Gasteiger charge is 2.40. The lowest BCUT2D eigenvalue weighted by Crippen LogP contribution is -2.41. The van der Waals surface area contributed by atoms with Crippen LogP contribution in [0, 0.1) is 5.92 Å². The summed E-state index contributed by atoms with van der Waals surface area (Å²) in [6.07, 6.45) is 2.16. The summed E-state index contributed by atoms with van der Waals surface area (Å²) in [5.41, 5.74) is 5.60. The molecule has 2 aliphatic heterocycles. The quantitative estimate of drug-likeness (QED) is 0.468. The smallest absolute Gasteiger partial charge is 0.232 e. The Morgan fingerprint density at radius 1 is 0.941 bits per heavy atom. The van der Waals surface area contributed by atoms with Crippen LogP contribution in [0.15, 0.2) is 78.9 Å². The number of carbonyl (C=O) groups excluding carboxylic acids is 2. The van der Waals surface area contributed by atoms with Crippen LogP contribution >= 0.6 is 0 Å². The maximum absolute atomic E-state index is 13.8. The highest BCUT2D eigenvalue weighted by atomic mass is 16.2. The van der Waals surface area contributed by atoms with Crippen molar-refractivity contribution in [3.05, 3.63) is 95.6 Å². The van der Waals surface area contributed by atoms with E-state index in [1.54, 1.807) is 0 Å². The van der Waals surface area contributed by atoms with Crippen molar-refractivity contribution >= 4 is 23.2 Å². The molecule has 4 heteroatoms. The van der Waals surface area contributed by atoms with Crippen LogP contribution in [-0.2, 0) is 9.59 Å². The molecular formula is C30H32N2O2. The Hall–Kier alpha value is -3.40. The zero-order valence-corrected chi connectivity index (χ0v) is 20.0. The molecule has 1 saturated heterocycles. The molecular weight excluding hydrogens is 420 g/mol. The molecule has 0 aliphatic carbocycles. The van der Waals surface area contributed by atoms with Gasteiger partial charge in [-0.1, -0.05) is 80.6 Å². The zero-order chi connectivity index (χ0) is 23.7. The third-order valence-corrected chi connectivity index (χ3v) is 7.56. The number of fused-ring (bicyclic) bond motifs is 1. The number of rotatable bonds is 5. The van der Waals surface area contributed by atoms with Crippen LogP contribution in [0.1, 0.15) is 61.6 Å². The van der Waals surface area contributed by atoms with E-state index in [2.05, 4.69) is 62.4 Å². The van der Waals surface area contributed by atoms with Crippen molar-refractivity contribution in [1.82, 2.24) is 0 Å². The normalized spacial score (nSPS) is 20.8. The highest BCUT2D eigenvalue weighted by molar-refractivity contribution is 6.05. The van der Waals surface area contributed by atoms with Gasteiger partial charge in [0.2, 0.25) is 11.8 Å². The average Bonchev–Trinajstić information content (AvgIpc) is 3.29. The largest absolute Gasteiger partial charge is 0.312 e. The van der Waals surface area contributed by atoms with Gasteiger partial charge in [0.1, 0.15) is 0 Å². The summed E-state index contributed by atoms with van der Waals surface area (Å²) in [6.45, 7) is 5.47. The molecule has 0 saturated carbocycles. The van der Waals surface area contributed by atoms with Crippen molar-refractivity contribution in [2.75, 3.05) is 22.9 Å². The number of benzene rings is 3. The Bertz CT molecular complexity index is 1190. The third-order valence-electron chi connectivity index (χ3n) is 7.56. The van der Waals surface area contributed by atoms with Crippen molar-refractivity contribution in [2.24, 2.45) is 5.92 Å². The van der Waals surface area contributed by atoms with Gasteiger partial charge in [0.25, 0.3) is 0 Å². The number of hydrogen-bond acceptors (Lipinski definition) is 2. The molecule has 3 atom stereocenters. The Morgan fingerprint density at radius 3 is 2.38 bits per heavy atom. The number of para-hydroxylation sites is 2. The minimum atomic E-state index is -0.321. The van der Waals surface area contributed by atoms with Crippen molar-refractivity contribution in [3.8, 4) is 0 Å². The number of amides is 2. The van der Waals surface area contributed by atoms with Gasteiger partial charge in [0.15, 0.2) is 0 Å². The fraction of sp³-hybridized carbons (Fsp3) is 0.333. The number of hydrogen-bond donors (Lipinski definition) is 0. The van der Waals surface area contributed by atoms with Crippen LogP contribution < -0.4 is 9.80 Å². The summed E-state index contributed by atoms with van der Waals surface area (Å²) in [7, 11) is 0. The van der Waals surface area contributed by atoms with Gasteiger partial charge in [-0.25, -0.2) is 0 Å². The second-order valence-corrected chi connectivity index (χ2v) is 9.57. The molecule has 34 heavy (non-hydrogen) atoms. The second-order valence-electron chi connectivity index (χ2n) is 9.57. The van der Waals surface area contributed by atoms with Crippen molar-refractivity contribution in [2.45, 2.75) is 44.9 Å². The molecule has 0 radical (unpaired) electrons. The van der Waals surface area contributed by atoms with E-state index in [1.165, 1.54) is 16.7 Å². The molecule has 3 aromatic rings. The van der Waals surface area contributed by atoms with E-state index in [4.69, 9.17) is 0 Å². The van der Waals surface area contributed by atoms with Crippen LogP contribution in [0.3, 0.4) is 0 Å². The van der Waals surface area contributed by atoms with E-state index in [1.807, 2.05) is 40.1 Å².